The zero-order valence-corrected chi connectivity index (χ0v) is 31.9. The fraction of sp³-hybridized carbons (Fsp3) is 0.273. The van der Waals surface area contributed by atoms with Gasteiger partial charge in [0.1, 0.15) is 5.82 Å². The second kappa shape index (κ2) is 15.6. The molecule has 0 fully saturated rings. The average molecular weight is 840 g/mol. The first-order valence-corrected chi connectivity index (χ1v) is 17.7. The Bertz CT molecular complexity index is 2250. The molecule has 3 aromatic heterocycles. The Balaban J connectivity index is 0.00000432. The van der Waals surface area contributed by atoms with E-state index in [0.717, 1.165) is 81.7 Å². The predicted molar refractivity (Wildman–Crippen MR) is 201 cm³/mol. The topological polar surface area (TPSA) is 44.9 Å². The summed E-state index contributed by atoms with van der Waals surface area (Å²) in [4.78, 5) is 4.79. The normalized spacial score (nSPS) is 11.3. The standard InChI is InChI=1S/C44H44N4O.Pt/c1-6-8-11-15-33-18-21-41-40(27-33)39-20-19-37(29-42(39)47(41)43-24-30(3)22-23-45-43)49-38-26-34(14-9-7-2)25-36(28-38)48-32(5)44(31(4)46-48)35-16-12-10-13-17-35;/h10,12-13,16-27H,6-9,11,14-15H2,1-5H3;/q-2;+2. The quantitative estimate of drug-likeness (QED) is 0.0909. The molecule has 7 rings (SSSR count). The molecule has 0 aliphatic rings. The van der Waals surface area contributed by atoms with Crippen molar-refractivity contribution in [3.05, 3.63) is 131 Å². The van der Waals surface area contributed by atoms with Crippen molar-refractivity contribution >= 4 is 21.8 Å². The Labute approximate surface area is 310 Å². The van der Waals surface area contributed by atoms with Crippen molar-refractivity contribution in [2.75, 3.05) is 0 Å². The zero-order valence-electron chi connectivity index (χ0n) is 29.6. The Kier molecular flexibility index (Phi) is 11.0. The number of unbranched alkanes of at least 4 members (excludes halogenated alkanes) is 3. The second-order valence-electron chi connectivity index (χ2n) is 13.2. The summed E-state index contributed by atoms with van der Waals surface area (Å²) in [6, 6.07) is 37.2. The van der Waals surface area contributed by atoms with Gasteiger partial charge in [0.05, 0.1) is 5.69 Å². The van der Waals surface area contributed by atoms with Gasteiger partial charge in [-0.25, -0.2) is 4.98 Å². The maximum absolute atomic E-state index is 6.64. The summed E-state index contributed by atoms with van der Waals surface area (Å²) in [5.41, 5.74) is 11.1. The van der Waals surface area contributed by atoms with Crippen LogP contribution in [-0.2, 0) is 33.9 Å². The number of nitrogens with zero attached hydrogens (tertiary/aromatic N) is 4. The SMILES string of the molecule is CCCCCc1ccc2c(c1)c1ccc(Oc3[c-]c(-n4nc(C)c(-c5ccccc5)c4C)cc(CCCC)c3)[c-]c1n2-c1cc(C)ccn1.[Pt+2]. The first kappa shape index (κ1) is 35.4. The van der Waals surface area contributed by atoms with E-state index in [1.807, 2.05) is 29.1 Å². The molecule has 7 aromatic rings. The van der Waals surface area contributed by atoms with E-state index in [2.05, 4.69) is 118 Å². The second-order valence-corrected chi connectivity index (χ2v) is 13.2. The average Bonchev–Trinajstić information content (AvgIpc) is 3.59. The van der Waals surface area contributed by atoms with E-state index in [9.17, 15) is 0 Å². The van der Waals surface area contributed by atoms with E-state index in [1.54, 1.807) is 0 Å². The molecule has 0 atom stereocenters. The van der Waals surface area contributed by atoms with Crippen LogP contribution in [0.5, 0.6) is 11.5 Å². The van der Waals surface area contributed by atoms with Gasteiger partial charge in [0, 0.05) is 34.5 Å². The van der Waals surface area contributed by atoms with Gasteiger partial charge < -0.3 is 9.30 Å². The number of hydrogen-bond donors (Lipinski definition) is 0. The van der Waals surface area contributed by atoms with Crippen molar-refractivity contribution in [2.45, 2.75) is 79.6 Å². The Morgan fingerprint density at radius 3 is 2.30 bits per heavy atom. The Morgan fingerprint density at radius 2 is 1.52 bits per heavy atom. The van der Waals surface area contributed by atoms with Crippen LogP contribution in [0, 0.1) is 32.9 Å². The first-order chi connectivity index (χ1) is 23.9. The van der Waals surface area contributed by atoms with Crippen LogP contribution in [0.3, 0.4) is 0 Å². The summed E-state index contributed by atoms with van der Waals surface area (Å²) in [6.07, 6.45) is 9.78. The third-order valence-corrected chi connectivity index (χ3v) is 9.42. The summed E-state index contributed by atoms with van der Waals surface area (Å²) in [5.74, 6) is 2.17. The number of aryl methyl sites for hydroxylation is 4. The minimum absolute atomic E-state index is 0. The molecule has 4 aromatic carbocycles. The van der Waals surface area contributed by atoms with Gasteiger partial charge in [-0.2, -0.15) is 16.7 Å². The summed E-state index contributed by atoms with van der Waals surface area (Å²) >= 11 is 0. The van der Waals surface area contributed by atoms with Gasteiger partial charge in [-0.15, -0.1) is 35.7 Å². The molecule has 0 aliphatic carbocycles. The molecule has 0 N–H and O–H groups in total. The molecule has 50 heavy (non-hydrogen) atoms. The van der Waals surface area contributed by atoms with Crippen molar-refractivity contribution in [1.82, 2.24) is 19.3 Å². The van der Waals surface area contributed by atoms with Gasteiger partial charge >= 0.3 is 21.1 Å². The molecule has 0 bridgehead atoms. The maximum Gasteiger partial charge on any atom is 2.00 e. The fourth-order valence-corrected chi connectivity index (χ4v) is 6.94. The minimum Gasteiger partial charge on any atom is -0.509 e. The van der Waals surface area contributed by atoms with Crippen molar-refractivity contribution in [2.24, 2.45) is 0 Å². The summed E-state index contributed by atoms with van der Waals surface area (Å²) in [7, 11) is 0. The molecule has 0 aliphatic heterocycles. The maximum atomic E-state index is 6.64. The van der Waals surface area contributed by atoms with E-state index in [-0.39, 0.29) is 21.1 Å². The third-order valence-electron chi connectivity index (χ3n) is 9.42. The van der Waals surface area contributed by atoms with Crippen LogP contribution in [0.1, 0.15) is 74.0 Å². The molecule has 0 saturated carbocycles. The smallest absolute Gasteiger partial charge is 0.509 e. The van der Waals surface area contributed by atoms with Crippen LogP contribution < -0.4 is 4.74 Å². The Hall–Kier alpha value is -4.47. The minimum atomic E-state index is 0. The number of hydrogen-bond acceptors (Lipinski definition) is 3. The molecule has 6 heteroatoms. The summed E-state index contributed by atoms with van der Waals surface area (Å²) in [6.45, 7) is 10.8. The molecular weight excluding hydrogens is 796 g/mol. The van der Waals surface area contributed by atoms with Crippen molar-refractivity contribution in [1.29, 1.82) is 0 Å². The summed E-state index contributed by atoms with van der Waals surface area (Å²) in [5, 5.41) is 7.34. The van der Waals surface area contributed by atoms with Gasteiger partial charge in [-0.3, -0.25) is 4.68 Å². The largest absolute Gasteiger partial charge is 2.00 e. The van der Waals surface area contributed by atoms with Crippen LogP contribution in [0.4, 0.5) is 0 Å². The Morgan fingerprint density at radius 1 is 0.720 bits per heavy atom. The number of fused-ring (bicyclic) bond motifs is 3. The van der Waals surface area contributed by atoms with Crippen molar-refractivity contribution in [3.8, 4) is 34.1 Å². The van der Waals surface area contributed by atoms with E-state index in [0.29, 0.717) is 11.5 Å². The molecule has 5 nitrogen and oxygen atoms in total. The van der Waals surface area contributed by atoms with E-state index < -0.39 is 0 Å². The van der Waals surface area contributed by atoms with Gasteiger partial charge in [0.2, 0.25) is 0 Å². The predicted octanol–water partition coefficient (Wildman–Crippen LogP) is 11.4. The van der Waals surface area contributed by atoms with E-state index >= 15 is 0 Å². The zero-order chi connectivity index (χ0) is 33.9. The monoisotopic (exact) mass is 839 g/mol. The van der Waals surface area contributed by atoms with Gasteiger partial charge in [-0.1, -0.05) is 93.9 Å². The molecule has 0 radical (unpaired) electrons. The molecular formula is C44H44N4OPt. The van der Waals surface area contributed by atoms with E-state index in [4.69, 9.17) is 14.8 Å². The molecule has 0 unspecified atom stereocenters. The third kappa shape index (κ3) is 7.21. The van der Waals surface area contributed by atoms with Crippen LogP contribution in [0.15, 0.2) is 91.1 Å². The van der Waals surface area contributed by atoms with Crippen LogP contribution >= 0.6 is 0 Å². The summed E-state index contributed by atoms with van der Waals surface area (Å²) < 4.78 is 10.9. The van der Waals surface area contributed by atoms with Gasteiger partial charge in [-0.05, 0) is 79.6 Å². The number of rotatable bonds is 12. The molecule has 0 amide bonds. The number of ether oxygens (including phenoxy) is 1. The molecule has 3 heterocycles. The number of pyridine rings is 1. The van der Waals surface area contributed by atoms with Crippen molar-refractivity contribution < 1.29 is 25.8 Å². The number of benzene rings is 4. The fourth-order valence-electron chi connectivity index (χ4n) is 6.94. The van der Waals surface area contributed by atoms with Gasteiger partial charge in [0.25, 0.3) is 0 Å². The molecule has 0 spiro atoms. The van der Waals surface area contributed by atoms with Crippen LogP contribution in [0.2, 0.25) is 0 Å². The van der Waals surface area contributed by atoms with Crippen LogP contribution in [0.25, 0.3) is 44.4 Å². The van der Waals surface area contributed by atoms with E-state index in [1.165, 1.54) is 35.8 Å². The molecule has 256 valence electrons. The van der Waals surface area contributed by atoms with Crippen LogP contribution in [-0.4, -0.2) is 19.3 Å². The molecule has 0 saturated heterocycles. The first-order valence-electron chi connectivity index (χ1n) is 17.7. The number of aromatic nitrogens is 4. The van der Waals surface area contributed by atoms with Crippen molar-refractivity contribution in [3.63, 3.8) is 0 Å². The van der Waals surface area contributed by atoms with Gasteiger partial charge in [0.15, 0.2) is 0 Å².